The number of rotatable bonds is 6. The van der Waals surface area contributed by atoms with Crippen LogP contribution in [0.5, 0.6) is 5.75 Å². The van der Waals surface area contributed by atoms with Crippen LogP contribution in [0.15, 0.2) is 47.4 Å². The first-order valence-electron chi connectivity index (χ1n) is 8.27. The molecule has 0 saturated heterocycles. The molecular formula is C18H19Cl2N3O5S. The standard InChI is InChI=1S/C18H19Cl2N3O5S/c1-11(28-16-8-7-13(19)10-15(16)20)17(24)21-22-18(25)12-5-4-6-14(9-12)29(26,27)23(2)3/h4-11H,1-3H3,(H,21,24)(H,22,25)/t11-/m1/s1. The second-order valence-corrected chi connectivity index (χ2v) is 9.09. The number of hydrogen-bond acceptors (Lipinski definition) is 5. The van der Waals surface area contributed by atoms with E-state index in [-0.39, 0.29) is 21.2 Å². The first-order valence-corrected chi connectivity index (χ1v) is 10.5. The maximum atomic E-state index is 12.3. The van der Waals surface area contributed by atoms with Crippen LogP contribution in [0.4, 0.5) is 0 Å². The summed E-state index contributed by atoms with van der Waals surface area (Å²) in [5.41, 5.74) is 4.49. The van der Waals surface area contributed by atoms with E-state index in [4.69, 9.17) is 27.9 Å². The van der Waals surface area contributed by atoms with Crippen LogP contribution in [0.1, 0.15) is 17.3 Å². The Morgan fingerprint density at radius 3 is 2.38 bits per heavy atom. The zero-order chi connectivity index (χ0) is 21.8. The van der Waals surface area contributed by atoms with Crippen molar-refractivity contribution in [3.8, 4) is 5.75 Å². The van der Waals surface area contributed by atoms with Crippen LogP contribution < -0.4 is 15.6 Å². The summed E-state index contributed by atoms with van der Waals surface area (Å²) in [6.07, 6.45) is -0.977. The first kappa shape index (κ1) is 23.0. The fourth-order valence-electron chi connectivity index (χ4n) is 2.12. The van der Waals surface area contributed by atoms with Crippen molar-refractivity contribution in [3.05, 3.63) is 58.1 Å². The van der Waals surface area contributed by atoms with E-state index in [1.54, 1.807) is 6.07 Å². The van der Waals surface area contributed by atoms with Gasteiger partial charge in [0.15, 0.2) is 6.10 Å². The van der Waals surface area contributed by atoms with E-state index in [0.29, 0.717) is 5.02 Å². The minimum absolute atomic E-state index is 0.0458. The lowest BCUT2D eigenvalue weighted by Crippen LogP contribution is -2.47. The molecule has 0 spiro atoms. The van der Waals surface area contributed by atoms with Gasteiger partial charge in [0.25, 0.3) is 11.8 Å². The summed E-state index contributed by atoms with van der Waals surface area (Å²) in [5.74, 6) is -1.07. The van der Waals surface area contributed by atoms with Crippen LogP contribution in [0.25, 0.3) is 0 Å². The van der Waals surface area contributed by atoms with Crippen LogP contribution in [0, 0.1) is 0 Å². The molecule has 0 aliphatic heterocycles. The zero-order valence-corrected chi connectivity index (χ0v) is 18.1. The van der Waals surface area contributed by atoms with Crippen molar-refractivity contribution in [2.75, 3.05) is 14.1 Å². The van der Waals surface area contributed by atoms with Gasteiger partial charge in [-0.25, -0.2) is 12.7 Å². The van der Waals surface area contributed by atoms with Gasteiger partial charge in [-0.2, -0.15) is 0 Å². The fourth-order valence-corrected chi connectivity index (χ4v) is 3.52. The lowest BCUT2D eigenvalue weighted by atomic mass is 10.2. The number of sulfonamides is 1. The number of benzene rings is 2. The molecule has 2 amide bonds. The monoisotopic (exact) mass is 459 g/mol. The Morgan fingerprint density at radius 2 is 1.76 bits per heavy atom. The smallest absolute Gasteiger partial charge is 0.279 e. The number of halogens is 2. The molecule has 2 N–H and O–H groups in total. The van der Waals surface area contributed by atoms with Crippen LogP contribution in [-0.2, 0) is 14.8 Å². The number of nitrogens with zero attached hydrogens (tertiary/aromatic N) is 1. The van der Waals surface area contributed by atoms with E-state index in [1.807, 2.05) is 0 Å². The molecule has 29 heavy (non-hydrogen) atoms. The first-order chi connectivity index (χ1) is 13.5. The van der Waals surface area contributed by atoms with Crippen LogP contribution >= 0.6 is 23.2 Å². The summed E-state index contributed by atoms with van der Waals surface area (Å²) >= 11 is 11.8. The highest BCUT2D eigenvalue weighted by atomic mass is 35.5. The van der Waals surface area contributed by atoms with E-state index in [9.17, 15) is 18.0 Å². The molecule has 0 unspecified atom stereocenters. The van der Waals surface area contributed by atoms with Gasteiger partial charge in [0.2, 0.25) is 10.0 Å². The van der Waals surface area contributed by atoms with Gasteiger partial charge < -0.3 is 4.74 Å². The molecule has 0 radical (unpaired) electrons. The molecule has 0 heterocycles. The van der Waals surface area contributed by atoms with Gasteiger partial charge in [-0.05, 0) is 43.3 Å². The number of hydrazine groups is 1. The van der Waals surface area contributed by atoms with Gasteiger partial charge >= 0.3 is 0 Å². The Hall–Kier alpha value is -2.33. The Balaban J connectivity index is 2.00. The normalized spacial score (nSPS) is 12.3. The number of carbonyl (C=O) groups excluding carboxylic acids is 2. The topological polar surface area (TPSA) is 105 Å². The SMILES string of the molecule is C[C@@H](Oc1ccc(Cl)cc1Cl)C(=O)NNC(=O)c1cccc(S(=O)(=O)N(C)C)c1. The quantitative estimate of drug-likeness (QED) is 0.645. The fraction of sp³-hybridized carbons (Fsp3) is 0.222. The zero-order valence-electron chi connectivity index (χ0n) is 15.8. The van der Waals surface area contributed by atoms with Crippen molar-refractivity contribution in [3.63, 3.8) is 0 Å². The van der Waals surface area contributed by atoms with E-state index in [1.165, 1.54) is 57.4 Å². The number of carbonyl (C=O) groups is 2. The lowest BCUT2D eigenvalue weighted by molar-refractivity contribution is -0.128. The summed E-state index contributed by atoms with van der Waals surface area (Å²) in [6, 6.07) is 9.99. The molecule has 0 aliphatic rings. The Labute approximate surface area is 178 Å². The maximum absolute atomic E-state index is 12.3. The number of nitrogens with one attached hydrogen (secondary N) is 2. The number of amides is 2. The molecule has 156 valence electrons. The molecular weight excluding hydrogens is 441 g/mol. The minimum Gasteiger partial charge on any atom is -0.479 e. The van der Waals surface area contributed by atoms with Crippen molar-refractivity contribution < 1.29 is 22.7 Å². The van der Waals surface area contributed by atoms with E-state index in [0.717, 1.165) is 4.31 Å². The van der Waals surface area contributed by atoms with Crippen LogP contribution in [-0.4, -0.2) is 44.7 Å². The highest BCUT2D eigenvalue weighted by Gasteiger charge is 2.20. The van der Waals surface area contributed by atoms with Gasteiger partial charge in [0, 0.05) is 24.7 Å². The molecule has 0 saturated carbocycles. The van der Waals surface area contributed by atoms with Crippen molar-refractivity contribution >= 4 is 45.0 Å². The predicted octanol–water partition coefficient (Wildman–Crippen LogP) is 2.47. The van der Waals surface area contributed by atoms with Gasteiger partial charge in [-0.3, -0.25) is 20.4 Å². The van der Waals surface area contributed by atoms with Crippen molar-refractivity contribution in [1.29, 1.82) is 0 Å². The Morgan fingerprint density at radius 1 is 1.07 bits per heavy atom. The molecule has 11 heteroatoms. The third-order valence-corrected chi connectivity index (χ3v) is 6.08. The third-order valence-electron chi connectivity index (χ3n) is 3.74. The van der Waals surface area contributed by atoms with E-state index >= 15 is 0 Å². The molecule has 0 aromatic heterocycles. The highest BCUT2D eigenvalue weighted by molar-refractivity contribution is 7.89. The van der Waals surface area contributed by atoms with Gasteiger partial charge in [0.05, 0.1) is 9.92 Å². The van der Waals surface area contributed by atoms with Crippen LogP contribution in [0.2, 0.25) is 10.0 Å². The average Bonchev–Trinajstić information content (AvgIpc) is 2.67. The second kappa shape index (κ2) is 9.45. The molecule has 2 aromatic rings. The maximum Gasteiger partial charge on any atom is 0.279 e. The summed E-state index contributed by atoms with van der Waals surface area (Å²) in [7, 11) is -0.924. The second-order valence-electron chi connectivity index (χ2n) is 6.09. The lowest BCUT2D eigenvalue weighted by Gasteiger charge is -2.16. The van der Waals surface area contributed by atoms with E-state index < -0.39 is 27.9 Å². The summed E-state index contributed by atoms with van der Waals surface area (Å²) < 4.78 is 30.8. The number of hydrogen-bond donors (Lipinski definition) is 2. The predicted molar refractivity (Wildman–Crippen MR) is 109 cm³/mol. The summed E-state index contributed by atoms with van der Waals surface area (Å²) in [4.78, 5) is 24.4. The average molecular weight is 460 g/mol. The van der Waals surface area contributed by atoms with Crippen molar-refractivity contribution in [1.82, 2.24) is 15.2 Å². The van der Waals surface area contributed by atoms with Crippen molar-refractivity contribution in [2.24, 2.45) is 0 Å². The Kier molecular flexibility index (Phi) is 7.48. The number of ether oxygens (including phenoxy) is 1. The molecule has 2 rings (SSSR count). The molecule has 1 atom stereocenters. The summed E-state index contributed by atoms with van der Waals surface area (Å²) in [5, 5.41) is 0.658. The molecule has 0 aliphatic carbocycles. The summed E-state index contributed by atoms with van der Waals surface area (Å²) in [6.45, 7) is 1.47. The molecule has 8 nitrogen and oxygen atoms in total. The largest absolute Gasteiger partial charge is 0.479 e. The Bertz CT molecular complexity index is 1030. The highest BCUT2D eigenvalue weighted by Crippen LogP contribution is 2.28. The molecule has 0 fully saturated rings. The van der Waals surface area contributed by atoms with Gasteiger partial charge in [-0.1, -0.05) is 29.3 Å². The third kappa shape index (κ3) is 5.83. The minimum atomic E-state index is -3.70. The molecule has 2 aromatic carbocycles. The van der Waals surface area contributed by atoms with Gasteiger partial charge in [-0.15, -0.1) is 0 Å². The van der Waals surface area contributed by atoms with Crippen molar-refractivity contribution in [2.45, 2.75) is 17.9 Å². The van der Waals surface area contributed by atoms with E-state index in [2.05, 4.69) is 10.9 Å². The van der Waals surface area contributed by atoms with Crippen LogP contribution in [0.3, 0.4) is 0 Å². The van der Waals surface area contributed by atoms with Gasteiger partial charge in [0.1, 0.15) is 5.75 Å². The molecule has 0 bridgehead atoms.